The van der Waals surface area contributed by atoms with Gasteiger partial charge in [0.25, 0.3) is 5.56 Å². The molecule has 2 rings (SSSR count). The Hall–Kier alpha value is -2.47. The van der Waals surface area contributed by atoms with E-state index in [4.69, 9.17) is 9.84 Å². The monoisotopic (exact) mass is 274 g/mol. The number of nitrogens with zero attached hydrogens (tertiary/aromatic N) is 2. The Kier molecular flexibility index (Phi) is 4.27. The van der Waals surface area contributed by atoms with E-state index in [2.05, 4.69) is 4.98 Å². The zero-order valence-corrected chi connectivity index (χ0v) is 10.9. The van der Waals surface area contributed by atoms with Crippen LogP contribution in [0.4, 0.5) is 0 Å². The second kappa shape index (κ2) is 6.12. The molecule has 6 heteroatoms. The molecule has 1 aromatic carbocycles. The van der Waals surface area contributed by atoms with Crippen LogP contribution in [0.3, 0.4) is 0 Å². The molecule has 0 bridgehead atoms. The van der Waals surface area contributed by atoms with Crippen LogP contribution in [0, 0.1) is 0 Å². The van der Waals surface area contributed by atoms with Crippen LogP contribution in [-0.4, -0.2) is 27.7 Å². The van der Waals surface area contributed by atoms with E-state index in [1.807, 2.05) is 6.07 Å². The van der Waals surface area contributed by atoms with E-state index < -0.39 is 18.1 Å². The molecule has 0 unspecified atom stereocenters. The Morgan fingerprint density at radius 1 is 1.35 bits per heavy atom. The first-order chi connectivity index (χ1) is 9.63. The van der Waals surface area contributed by atoms with Crippen molar-refractivity contribution >= 4 is 5.97 Å². The van der Waals surface area contributed by atoms with Gasteiger partial charge in [-0.1, -0.05) is 30.3 Å². The number of carboxylic acids is 1. The second-order valence-corrected chi connectivity index (χ2v) is 4.19. The first-order valence-electron chi connectivity index (χ1n) is 5.98. The molecule has 0 fully saturated rings. The molecule has 6 nitrogen and oxygen atoms in total. The van der Waals surface area contributed by atoms with Gasteiger partial charge in [-0.25, -0.2) is 4.98 Å². The molecule has 0 amide bonds. The van der Waals surface area contributed by atoms with Gasteiger partial charge in [-0.2, -0.15) is 0 Å². The summed E-state index contributed by atoms with van der Waals surface area (Å²) >= 11 is 0. The Labute approximate surface area is 115 Å². The third kappa shape index (κ3) is 2.92. The van der Waals surface area contributed by atoms with E-state index in [0.717, 1.165) is 4.57 Å². The number of hydrogen-bond acceptors (Lipinski definition) is 4. The summed E-state index contributed by atoms with van der Waals surface area (Å²) < 4.78 is 6.06. The minimum absolute atomic E-state index is 0.0977. The smallest absolute Gasteiger partial charge is 0.323 e. The normalized spacial score (nSPS) is 10.4. The summed E-state index contributed by atoms with van der Waals surface area (Å²) in [4.78, 5) is 27.4. The summed E-state index contributed by atoms with van der Waals surface area (Å²) in [5, 5.41) is 8.96. The lowest BCUT2D eigenvalue weighted by Crippen LogP contribution is -2.29. The highest BCUT2D eigenvalue weighted by molar-refractivity contribution is 5.68. The molecule has 0 saturated heterocycles. The van der Waals surface area contributed by atoms with Crippen molar-refractivity contribution in [3.63, 3.8) is 0 Å². The average molecular weight is 274 g/mol. The fraction of sp³-hybridized carbons (Fsp3) is 0.214. The maximum atomic E-state index is 12.3. The number of hydrogen-bond donors (Lipinski definition) is 1. The van der Waals surface area contributed by atoms with E-state index in [0.29, 0.717) is 17.0 Å². The third-order valence-electron chi connectivity index (χ3n) is 2.74. The van der Waals surface area contributed by atoms with Crippen LogP contribution in [0.15, 0.2) is 41.3 Å². The molecule has 1 N–H and O–H groups in total. The van der Waals surface area contributed by atoms with E-state index in [-0.39, 0.29) is 6.61 Å². The van der Waals surface area contributed by atoms with Gasteiger partial charge in [-0.3, -0.25) is 14.2 Å². The molecule has 0 radical (unpaired) electrons. The lowest BCUT2D eigenvalue weighted by Gasteiger charge is -2.11. The molecule has 0 aliphatic heterocycles. The van der Waals surface area contributed by atoms with Crippen molar-refractivity contribution in [1.29, 1.82) is 0 Å². The number of methoxy groups -OCH3 is 1. The fourth-order valence-electron chi connectivity index (χ4n) is 1.89. The number of aromatic nitrogens is 2. The molecular formula is C14H14N2O4. The standard InChI is InChI=1S/C14H14N2O4/c1-20-9-11-7-15-13(10-5-3-2-4-6-10)16(14(11)19)8-12(17)18/h2-7H,8-9H2,1H3,(H,17,18). The van der Waals surface area contributed by atoms with Gasteiger partial charge >= 0.3 is 5.97 Å². The predicted octanol–water partition coefficient (Wildman–Crippen LogP) is 1.14. The van der Waals surface area contributed by atoms with Crippen LogP contribution in [0.1, 0.15) is 5.56 Å². The van der Waals surface area contributed by atoms with E-state index in [9.17, 15) is 9.59 Å². The molecular weight excluding hydrogens is 260 g/mol. The summed E-state index contributed by atoms with van der Waals surface area (Å²) in [6.45, 7) is -0.339. The van der Waals surface area contributed by atoms with Crippen molar-refractivity contribution in [2.24, 2.45) is 0 Å². The molecule has 0 aliphatic carbocycles. The van der Waals surface area contributed by atoms with E-state index >= 15 is 0 Å². The van der Waals surface area contributed by atoms with E-state index in [1.54, 1.807) is 24.3 Å². The van der Waals surface area contributed by atoms with Gasteiger partial charge < -0.3 is 9.84 Å². The van der Waals surface area contributed by atoms with Crippen molar-refractivity contribution in [3.05, 3.63) is 52.4 Å². The third-order valence-corrected chi connectivity index (χ3v) is 2.74. The summed E-state index contributed by atoms with van der Waals surface area (Å²) in [5.74, 6) is -0.765. The van der Waals surface area contributed by atoms with Gasteiger partial charge in [0.2, 0.25) is 0 Å². The zero-order valence-electron chi connectivity index (χ0n) is 10.9. The lowest BCUT2D eigenvalue weighted by atomic mass is 10.2. The van der Waals surface area contributed by atoms with Crippen molar-refractivity contribution in [1.82, 2.24) is 9.55 Å². The summed E-state index contributed by atoms with van der Waals surface area (Å²) in [5.41, 5.74) is 0.617. The molecule has 0 saturated carbocycles. The minimum Gasteiger partial charge on any atom is -0.480 e. The highest BCUT2D eigenvalue weighted by atomic mass is 16.5. The van der Waals surface area contributed by atoms with Crippen molar-refractivity contribution in [3.8, 4) is 11.4 Å². The average Bonchev–Trinajstić information content (AvgIpc) is 2.44. The molecule has 1 aromatic heterocycles. The van der Waals surface area contributed by atoms with Crippen molar-refractivity contribution in [2.75, 3.05) is 7.11 Å². The van der Waals surface area contributed by atoms with Crippen LogP contribution in [0.5, 0.6) is 0 Å². The van der Waals surface area contributed by atoms with E-state index in [1.165, 1.54) is 13.3 Å². The molecule has 20 heavy (non-hydrogen) atoms. The molecule has 0 spiro atoms. The number of carbonyl (C=O) groups is 1. The van der Waals surface area contributed by atoms with Gasteiger partial charge in [0.15, 0.2) is 0 Å². The zero-order chi connectivity index (χ0) is 14.5. The Bertz CT molecular complexity index is 665. The molecule has 104 valence electrons. The first kappa shape index (κ1) is 14.0. The maximum absolute atomic E-state index is 12.3. The van der Waals surface area contributed by atoms with Gasteiger partial charge in [-0.05, 0) is 0 Å². The second-order valence-electron chi connectivity index (χ2n) is 4.19. The molecule has 0 atom stereocenters. The topological polar surface area (TPSA) is 81.4 Å². The Balaban J connectivity index is 2.60. The predicted molar refractivity (Wildman–Crippen MR) is 72.3 cm³/mol. The Morgan fingerprint density at radius 2 is 2.05 bits per heavy atom. The first-order valence-corrected chi connectivity index (χ1v) is 5.98. The van der Waals surface area contributed by atoms with Gasteiger partial charge in [0.1, 0.15) is 12.4 Å². The summed E-state index contributed by atoms with van der Waals surface area (Å²) in [6.07, 6.45) is 1.42. The van der Waals surface area contributed by atoms with Crippen LogP contribution >= 0.6 is 0 Å². The highest BCUT2D eigenvalue weighted by Crippen LogP contribution is 2.15. The molecule has 2 aromatic rings. The fourth-order valence-corrected chi connectivity index (χ4v) is 1.89. The van der Waals surface area contributed by atoms with Crippen LogP contribution in [0.25, 0.3) is 11.4 Å². The quantitative estimate of drug-likeness (QED) is 0.884. The lowest BCUT2D eigenvalue weighted by molar-refractivity contribution is -0.137. The van der Waals surface area contributed by atoms with Crippen LogP contribution in [-0.2, 0) is 22.7 Å². The maximum Gasteiger partial charge on any atom is 0.323 e. The molecule has 0 aliphatic rings. The van der Waals surface area contributed by atoms with Gasteiger partial charge in [0, 0.05) is 18.9 Å². The number of carboxylic acid groups (broad SMARTS) is 1. The van der Waals surface area contributed by atoms with Crippen molar-refractivity contribution in [2.45, 2.75) is 13.2 Å². The minimum atomic E-state index is -1.10. The van der Waals surface area contributed by atoms with Crippen LogP contribution < -0.4 is 5.56 Å². The number of aliphatic carboxylic acids is 1. The summed E-state index contributed by atoms with van der Waals surface area (Å²) in [6, 6.07) is 8.99. The van der Waals surface area contributed by atoms with Crippen LogP contribution in [0.2, 0.25) is 0 Å². The van der Waals surface area contributed by atoms with Gasteiger partial charge in [-0.15, -0.1) is 0 Å². The van der Waals surface area contributed by atoms with Crippen molar-refractivity contribution < 1.29 is 14.6 Å². The molecule has 1 heterocycles. The number of rotatable bonds is 5. The largest absolute Gasteiger partial charge is 0.480 e. The van der Waals surface area contributed by atoms with Gasteiger partial charge in [0.05, 0.1) is 12.2 Å². The number of benzene rings is 1. The highest BCUT2D eigenvalue weighted by Gasteiger charge is 2.14. The SMILES string of the molecule is COCc1cnc(-c2ccccc2)n(CC(=O)O)c1=O. The summed E-state index contributed by atoms with van der Waals surface area (Å²) in [7, 11) is 1.46. The number of ether oxygens (including phenoxy) is 1. The Morgan fingerprint density at radius 3 is 2.65 bits per heavy atom.